The third kappa shape index (κ3) is 2.23. The van der Waals surface area contributed by atoms with E-state index in [0.29, 0.717) is 11.3 Å². The fourth-order valence-electron chi connectivity index (χ4n) is 1.62. The van der Waals surface area contributed by atoms with Crippen molar-refractivity contribution in [1.29, 1.82) is 5.26 Å². The van der Waals surface area contributed by atoms with Gasteiger partial charge >= 0.3 is 5.97 Å². The van der Waals surface area contributed by atoms with Gasteiger partial charge in [0, 0.05) is 7.05 Å². The Hall–Kier alpha value is -2.02. The van der Waals surface area contributed by atoms with Gasteiger partial charge in [-0.25, -0.2) is 4.79 Å². The van der Waals surface area contributed by atoms with Crippen LogP contribution in [0.3, 0.4) is 0 Å². The first-order valence-corrected chi connectivity index (χ1v) is 5.29. The van der Waals surface area contributed by atoms with Gasteiger partial charge in [-0.3, -0.25) is 0 Å². The van der Waals surface area contributed by atoms with Crippen molar-refractivity contribution >= 4 is 11.7 Å². The van der Waals surface area contributed by atoms with Gasteiger partial charge in [0.15, 0.2) is 0 Å². The second-order valence-corrected chi connectivity index (χ2v) is 4.51. The Morgan fingerprint density at radius 2 is 2.06 bits per heavy atom. The zero-order valence-corrected chi connectivity index (χ0v) is 10.5. The van der Waals surface area contributed by atoms with E-state index in [4.69, 9.17) is 5.26 Å². The van der Waals surface area contributed by atoms with Gasteiger partial charge in [0.1, 0.15) is 11.6 Å². The lowest BCUT2D eigenvalue weighted by Gasteiger charge is -2.35. The smallest absolute Gasteiger partial charge is 0.328 e. The molecule has 4 nitrogen and oxygen atoms in total. The molecule has 0 aliphatic rings. The highest BCUT2D eigenvalue weighted by molar-refractivity contribution is 5.83. The number of nitriles is 1. The van der Waals surface area contributed by atoms with E-state index in [1.807, 2.05) is 13.0 Å². The van der Waals surface area contributed by atoms with Crippen molar-refractivity contribution in [2.75, 3.05) is 11.9 Å². The maximum absolute atomic E-state index is 11.2. The number of carbonyl (C=O) groups is 1. The Kier molecular flexibility index (Phi) is 3.42. The lowest BCUT2D eigenvalue weighted by Crippen LogP contribution is -2.48. The summed E-state index contributed by atoms with van der Waals surface area (Å²) in [4.78, 5) is 12.9. The van der Waals surface area contributed by atoms with E-state index in [1.54, 1.807) is 37.9 Å². The van der Waals surface area contributed by atoms with Crippen molar-refractivity contribution in [3.63, 3.8) is 0 Å². The molecule has 4 heteroatoms. The van der Waals surface area contributed by atoms with Crippen LogP contribution in [0.2, 0.25) is 0 Å². The minimum absolute atomic E-state index is 0.488. The van der Waals surface area contributed by atoms with Gasteiger partial charge in [-0.2, -0.15) is 5.26 Å². The van der Waals surface area contributed by atoms with Gasteiger partial charge in [-0.1, -0.05) is 12.1 Å². The second kappa shape index (κ2) is 4.46. The summed E-state index contributed by atoms with van der Waals surface area (Å²) in [6, 6.07) is 7.44. The number of carboxylic acids is 1. The maximum atomic E-state index is 11.2. The van der Waals surface area contributed by atoms with Gasteiger partial charge in [0.25, 0.3) is 0 Å². The van der Waals surface area contributed by atoms with E-state index in [0.717, 1.165) is 5.56 Å². The second-order valence-electron chi connectivity index (χ2n) is 4.51. The summed E-state index contributed by atoms with van der Waals surface area (Å²) in [5, 5.41) is 18.3. The van der Waals surface area contributed by atoms with Crippen molar-refractivity contribution in [2.45, 2.75) is 26.3 Å². The van der Waals surface area contributed by atoms with Crippen LogP contribution in [-0.4, -0.2) is 23.7 Å². The Morgan fingerprint density at radius 3 is 2.53 bits per heavy atom. The maximum Gasteiger partial charge on any atom is 0.328 e. The normalized spacial score (nSPS) is 10.8. The molecule has 0 saturated carbocycles. The van der Waals surface area contributed by atoms with Crippen molar-refractivity contribution in [2.24, 2.45) is 0 Å². The number of benzene rings is 1. The number of para-hydroxylation sites is 1. The zero-order valence-electron chi connectivity index (χ0n) is 10.5. The monoisotopic (exact) mass is 232 g/mol. The molecule has 0 unspecified atom stereocenters. The van der Waals surface area contributed by atoms with E-state index < -0.39 is 11.5 Å². The fourth-order valence-corrected chi connectivity index (χ4v) is 1.62. The molecule has 1 rings (SSSR count). The lowest BCUT2D eigenvalue weighted by atomic mass is 9.99. The topological polar surface area (TPSA) is 64.3 Å². The summed E-state index contributed by atoms with van der Waals surface area (Å²) >= 11 is 0. The minimum atomic E-state index is -1.06. The molecule has 0 radical (unpaired) electrons. The van der Waals surface area contributed by atoms with E-state index in [9.17, 15) is 9.90 Å². The first-order chi connectivity index (χ1) is 7.82. The quantitative estimate of drug-likeness (QED) is 0.867. The van der Waals surface area contributed by atoms with Gasteiger partial charge in [-0.05, 0) is 32.4 Å². The number of nitrogens with zero attached hydrogens (tertiary/aromatic N) is 2. The summed E-state index contributed by atoms with van der Waals surface area (Å²) in [6.45, 7) is 5.09. The molecule has 0 fully saturated rings. The van der Waals surface area contributed by atoms with Crippen LogP contribution < -0.4 is 4.90 Å². The third-order valence-corrected chi connectivity index (χ3v) is 3.06. The number of hydrogen-bond acceptors (Lipinski definition) is 3. The van der Waals surface area contributed by atoms with Crippen molar-refractivity contribution in [1.82, 2.24) is 0 Å². The average Bonchev–Trinajstić information content (AvgIpc) is 2.27. The van der Waals surface area contributed by atoms with E-state index >= 15 is 0 Å². The fraction of sp³-hybridized carbons (Fsp3) is 0.385. The number of rotatable bonds is 3. The highest BCUT2D eigenvalue weighted by atomic mass is 16.4. The number of aliphatic carboxylic acids is 1. The number of likely N-dealkylation sites (N-methyl/N-ethyl adjacent to an activating group) is 1. The number of carboxylic acid groups (broad SMARTS) is 1. The number of hydrogen-bond donors (Lipinski definition) is 1. The SMILES string of the molecule is Cc1cccc(C#N)c1N(C)C(C)(C)C(=O)O. The summed E-state index contributed by atoms with van der Waals surface area (Å²) in [7, 11) is 1.69. The summed E-state index contributed by atoms with van der Waals surface area (Å²) in [5.41, 5.74) is 0.989. The average molecular weight is 232 g/mol. The molecule has 0 amide bonds. The Morgan fingerprint density at radius 1 is 1.47 bits per heavy atom. The van der Waals surface area contributed by atoms with Crippen LogP contribution in [0.4, 0.5) is 5.69 Å². The van der Waals surface area contributed by atoms with Crippen LogP contribution in [0.15, 0.2) is 18.2 Å². The highest BCUT2D eigenvalue weighted by Gasteiger charge is 2.33. The Labute approximate surface area is 101 Å². The first-order valence-electron chi connectivity index (χ1n) is 5.29. The van der Waals surface area contributed by atoms with Crippen molar-refractivity contribution in [3.05, 3.63) is 29.3 Å². The van der Waals surface area contributed by atoms with Crippen LogP contribution >= 0.6 is 0 Å². The van der Waals surface area contributed by atoms with Crippen LogP contribution in [0, 0.1) is 18.3 Å². The summed E-state index contributed by atoms with van der Waals surface area (Å²) in [5.74, 6) is -0.924. The molecule has 0 saturated heterocycles. The number of aryl methyl sites for hydroxylation is 1. The van der Waals surface area contributed by atoms with Gasteiger partial charge in [0.05, 0.1) is 11.3 Å². The molecule has 17 heavy (non-hydrogen) atoms. The summed E-state index contributed by atoms with van der Waals surface area (Å²) < 4.78 is 0. The molecular weight excluding hydrogens is 216 g/mol. The van der Waals surface area contributed by atoms with Crippen LogP contribution in [-0.2, 0) is 4.79 Å². The van der Waals surface area contributed by atoms with Crippen LogP contribution in [0.5, 0.6) is 0 Å². The lowest BCUT2D eigenvalue weighted by molar-refractivity contribution is -0.142. The predicted molar refractivity (Wildman–Crippen MR) is 66.0 cm³/mol. The Balaban J connectivity index is 3.36. The standard InChI is InChI=1S/C13H16N2O2/c1-9-6-5-7-10(8-14)11(9)15(4)13(2,3)12(16)17/h5-7H,1-4H3,(H,16,17). The number of anilines is 1. The molecule has 0 bridgehead atoms. The molecular formula is C13H16N2O2. The van der Waals surface area contributed by atoms with Crippen LogP contribution in [0.25, 0.3) is 0 Å². The first kappa shape index (κ1) is 13.0. The van der Waals surface area contributed by atoms with E-state index in [1.165, 1.54) is 0 Å². The minimum Gasteiger partial charge on any atom is -0.480 e. The molecule has 1 aromatic carbocycles. The third-order valence-electron chi connectivity index (χ3n) is 3.06. The zero-order chi connectivity index (χ0) is 13.2. The van der Waals surface area contributed by atoms with Gasteiger partial charge < -0.3 is 10.0 Å². The van der Waals surface area contributed by atoms with Gasteiger partial charge in [0.2, 0.25) is 0 Å². The largest absolute Gasteiger partial charge is 0.480 e. The molecule has 1 aromatic rings. The predicted octanol–water partition coefficient (Wildman–Crippen LogP) is 2.17. The molecule has 1 N–H and O–H groups in total. The Bertz CT molecular complexity index is 487. The summed E-state index contributed by atoms with van der Waals surface area (Å²) in [6.07, 6.45) is 0. The van der Waals surface area contributed by atoms with Gasteiger partial charge in [-0.15, -0.1) is 0 Å². The van der Waals surface area contributed by atoms with Crippen molar-refractivity contribution < 1.29 is 9.90 Å². The molecule has 90 valence electrons. The highest BCUT2D eigenvalue weighted by Crippen LogP contribution is 2.29. The molecule has 0 aliphatic carbocycles. The molecule has 0 atom stereocenters. The van der Waals surface area contributed by atoms with E-state index in [-0.39, 0.29) is 0 Å². The van der Waals surface area contributed by atoms with Crippen molar-refractivity contribution in [3.8, 4) is 6.07 Å². The molecule has 0 aromatic heterocycles. The molecule has 0 heterocycles. The van der Waals surface area contributed by atoms with E-state index in [2.05, 4.69) is 6.07 Å². The van der Waals surface area contributed by atoms with Crippen LogP contribution in [0.1, 0.15) is 25.0 Å². The molecule has 0 spiro atoms. The molecule has 0 aliphatic heterocycles.